The van der Waals surface area contributed by atoms with Crippen LogP contribution in [0.3, 0.4) is 0 Å². The second-order valence-electron chi connectivity index (χ2n) is 7.51. The molecule has 0 spiro atoms. The lowest BCUT2D eigenvalue weighted by Crippen LogP contribution is -2.51. The van der Waals surface area contributed by atoms with Crippen molar-refractivity contribution in [2.75, 3.05) is 37.7 Å². The standard InChI is InChI=1S/C22H25FN4O2/c1-2-22(17-6-4-3-5-7-17)20(28)27(21(29)24-22)16-25-12-14-26(15-13-25)19-10-8-18(23)9-11-19/h3-11H,2,12-16H2,1H3,(H,24,29)/t22-/m0/s1. The first-order valence-electron chi connectivity index (χ1n) is 9.96. The number of urea groups is 1. The fourth-order valence-electron chi connectivity index (χ4n) is 4.12. The zero-order valence-electron chi connectivity index (χ0n) is 16.5. The number of halogens is 1. The van der Waals surface area contributed by atoms with Crippen molar-refractivity contribution >= 4 is 17.6 Å². The highest BCUT2D eigenvalue weighted by Gasteiger charge is 2.51. The van der Waals surface area contributed by atoms with Crippen molar-refractivity contribution in [2.24, 2.45) is 0 Å². The van der Waals surface area contributed by atoms with E-state index in [0.717, 1.165) is 37.4 Å². The highest BCUT2D eigenvalue weighted by atomic mass is 19.1. The van der Waals surface area contributed by atoms with Gasteiger partial charge in [0.05, 0.1) is 6.67 Å². The van der Waals surface area contributed by atoms with Crippen LogP contribution in [0.15, 0.2) is 54.6 Å². The van der Waals surface area contributed by atoms with Crippen LogP contribution in [-0.2, 0) is 10.3 Å². The minimum atomic E-state index is -0.992. The Hall–Kier alpha value is -2.93. The monoisotopic (exact) mass is 396 g/mol. The molecular formula is C22H25FN4O2. The van der Waals surface area contributed by atoms with Gasteiger partial charge in [-0.25, -0.2) is 14.1 Å². The van der Waals surface area contributed by atoms with Crippen molar-refractivity contribution in [3.63, 3.8) is 0 Å². The molecule has 6 nitrogen and oxygen atoms in total. The van der Waals surface area contributed by atoms with E-state index in [0.29, 0.717) is 6.42 Å². The molecule has 0 saturated carbocycles. The first-order chi connectivity index (χ1) is 14.0. The molecule has 1 atom stereocenters. The van der Waals surface area contributed by atoms with E-state index in [9.17, 15) is 14.0 Å². The molecule has 2 saturated heterocycles. The van der Waals surface area contributed by atoms with E-state index >= 15 is 0 Å². The summed E-state index contributed by atoms with van der Waals surface area (Å²) in [7, 11) is 0. The molecule has 0 aromatic heterocycles. The van der Waals surface area contributed by atoms with E-state index in [2.05, 4.69) is 15.1 Å². The van der Waals surface area contributed by atoms with Gasteiger partial charge in [0.15, 0.2) is 0 Å². The number of nitrogens with zero attached hydrogens (tertiary/aromatic N) is 3. The Kier molecular flexibility index (Phi) is 5.24. The second kappa shape index (κ2) is 7.83. The van der Waals surface area contributed by atoms with Crippen LogP contribution in [0.5, 0.6) is 0 Å². The number of anilines is 1. The van der Waals surface area contributed by atoms with E-state index in [4.69, 9.17) is 0 Å². The molecule has 2 aromatic carbocycles. The fourth-order valence-corrected chi connectivity index (χ4v) is 4.12. The molecule has 4 rings (SSSR count). The topological polar surface area (TPSA) is 55.9 Å². The normalized spacial score (nSPS) is 22.8. The number of piperazine rings is 1. The number of amides is 3. The third kappa shape index (κ3) is 3.58. The third-order valence-electron chi connectivity index (χ3n) is 5.88. The van der Waals surface area contributed by atoms with Gasteiger partial charge < -0.3 is 10.2 Å². The van der Waals surface area contributed by atoms with Crippen molar-refractivity contribution in [3.8, 4) is 0 Å². The summed E-state index contributed by atoms with van der Waals surface area (Å²) in [6.45, 7) is 5.14. The van der Waals surface area contributed by atoms with E-state index in [1.807, 2.05) is 37.3 Å². The second-order valence-corrected chi connectivity index (χ2v) is 7.51. The average Bonchev–Trinajstić information content (AvgIpc) is 3.01. The number of carbonyl (C=O) groups excluding carboxylic acids is 2. The Labute approximate surface area is 169 Å². The van der Waals surface area contributed by atoms with Gasteiger partial charge in [-0.05, 0) is 36.2 Å². The van der Waals surface area contributed by atoms with Crippen LogP contribution in [-0.4, -0.2) is 54.6 Å². The molecule has 2 heterocycles. The van der Waals surface area contributed by atoms with Crippen molar-refractivity contribution in [1.82, 2.24) is 15.1 Å². The van der Waals surface area contributed by atoms with Gasteiger partial charge in [0.2, 0.25) is 0 Å². The zero-order valence-corrected chi connectivity index (χ0v) is 16.5. The molecule has 7 heteroatoms. The third-order valence-corrected chi connectivity index (χ3v) is 5.88. The van der Waals surface area contributed by atoms with E-state index in [1.54, 1.807) is 12.1 Å². The molecule has 0 aliphatic carbocycles. The Morgan fingerprint density at radius 3 is 2.24 bits per heavy atom. The van der Waals surface area contributed by atoms with Crippen molar-refractivity contribution < 1.29 is 14.0 Å². The van der Waals surface area contributed by atoms with Crippen LogP contribution in [0.4, 0.5) is 14.9 Å². The summed E-state index contributed by atoms with van der Waals surface area (Å²) >= 11 is 0. The summed E-state index contributed by atoms with van der Waals surface area (Å²) < 4.78 is 13.1. The molecule has 2 aromatic rings. The van der Waals surface area contributed by atoms with Gasteiger partial charge in [-0.1, -0.05) is 37.3 Å². The largest absolute Gasteiger partial charge is 0.369 e. The van der Waals surface area contributed by atoms with Crippen LogP contribution in [0.25, 0.3) is 0 Å². The molecule has 2 aliphatic rings. The van der Waals surface area contributed by atoms with Crippen LogP contribution < -0.4 is 10.2 Å². The summed E-state index contributed by atoms with van der Waals surface area (Å²) in [6, 6.07) is 15.5. The van der Waals surface area contributed by atoms with Crippen LogP contribution >= 0.6 is 0 Å². The molecule has 29 heavy (non-hydrogen) atoms. The van der Waals surface area contributed by atoms with Crippen LogP contribution in [0, 0.1) is 5.82 Å². The van der Waals surface area contributed by atoms with E-state index < -0.39 is 5.54 Å². The van der Waals surface area contributed by atoms with Gasteiger partial charge in [-0.2, -0.15) is 0 Å². The molecule has 1 N–H and O–H groups in total. The van der Waals surface area contributed by atoms with Gasteiger partial charge >= 0.3 is 6.03 Å². The van der Waals surface area contributed by atoms with Crippen molar-refractivity contribution in [2.45, 2.75) is 18.9 Å². The summed E-state index contributed by atoms with van der Waals surface area (Å²) in [4.78, 5) is 31.5. The highest BCUT2D eigenvalue weighted by molar-refractivity contribution is 6.07. The van der Waals surface area contributed by atoms with E-state index in [1.165, 1.54) is 17.0 Å². The Bertz CT molecular complexity index is 881. The molecule has 0 unspecified atom stereocenters. The minimum absolute atomic E-state index is 0.197. The number of carbonyl (C=O) groups is 2. The molecule has 0 bridgehead atoms. The Balaban J connectivity index is 1.42. The average molecular weight is 396 g/mol. The van der Waals surface area contributed by atoms with Gasteiger partial charge in [0.1, 0.15) is 11.4 Å². The smallest absolute Gasteiger partial charge is 0.326 e. The maximum Gasteiger partial charge on any atom is 0.326 e. The number of hydrogen-bond acceptors (Lipinski definition) is 4. The molecule has 3 amide bonds. The lowest BCUT2D eigenvalue weighted by Gasteiger charge is -2.37. The van der Waals surface area contributed by atoms with Gasteiger partial charge in [-0.3, -0.25) is 9.69 Å². The first-order valence-corrected chi connectivity index (χ1v) is 9.96. The van der Waals surface area contributed by atoms with E-state index in [-0.39, 0.29) is 24.4 Å². The summed E-state index contributed by atoms with van der Waals surface area (Å²) in [5, 5.41) is 2.93. The predicted octanol–water partition coefficient (Wildman–Crippen LogP) is 2.76. The molecule has 2 aliphatic heterocycles. The summed E-state index contributed by atoms with van der Waals surface area (Å²) in [5.41, 5.74) is 0.800. The maximum absolute atomic E-state index is 13.2. The maximum atomic E-state index is 13.2. The summed E-state index contributed by atoms with van der Waals surface area (Å²) in [6.07, 6.45) is 0.496. The van der Waals surface area contributed by atoms with Gasteiger partial charge in [0, 0.05) is 31.9 Å². The van der Waals surface area contributed by atoms with Gasteiger partial charge in [0.25, 0.3) is 5.91 Å². The highest BCUT2D eigenvalue weighted by Crippen LogP contribution is 2.32. The molecule has 2 fully saturated rings. The number of hydrogen-bond donors (Lipinski definition) is 1. The van der Waals surface area contributed by atoms with Crippen molar-refractivity contribution in [1.29, 1.82) is 0 Å². The van der Waals surface area contributed by atoms with Gasteiger partial charge in [-0.15, -0.1) is 0 Å². The Morgan fingerprint density at radius 2 is 1.62 bits per heavy atom. The lowest BCUT2D eigenvalue weighted by atomic mass is 9.87. The first kappa shape index (κ1) is 19.4. The molecular weight excluding hydrogens is 371 g/mol. The summed E-state index contributed by atoms with van der Waals surface area (Å²) in [5.74, 6) is -0.444. The molecule has 152 valence electrons. The van der Waals surface area contributed by atoms with Crippen molar-refractivity contribution in [3.05, 3.63) is 66.0 Å². The minimum Gasteiger partial charge on any atom is -0.369 e. The Morgan fingerprint density at radius 1 is 0.966 bits per heavy atom. The number of rotatable bonds is 5. The lowest BCUT2D eigenvalue weighted by molar-refractivity contribution is -0.133. The number of imide groups is 1. The number of benzene rings is 2. The van der Waals surface area contributed by atoms with Crippen LogP contribution in [0.1, 0.15) is 18.9 Å². The quantitative estimate of drug-likeness (QED) is 0.790. The van der Waals surface area contributed by atoms with Crippen LogP contribution in [0.2, 0.25) is 0 Å². The fraction of sp³-hybridized carbons (Fsp3) is 0.364. The number of nitrogens with one attached hydrogen (secondary N) is 1. The zero-order chi connectivity index (χ0) is 20.4. The SMILES string of the molecule is CC[C@@]1(c2ccccc2)NC(=O)N(CN2CCN(c3ccc(F)cc3)CC2)C1=O. The molecule has 0 radical (unpaired) electrons. The predicted molar refractivity (Wildman–Crippen MR) is 109 cm³/mol.